The average Bonchev–Trinajstić information content (AvgIpc) is 2.59. The molecule has 6 nitrogen and oxygen atoms in total. The Hall–Kier alpha value is -2.76. The van der Waals surface area contributed by atoms with E-state index >= 15 is 0 Å². The van der Waals surface area contributed by atoms with Crippen molar-refractivity contribution < 1.29 is 18.9 Å². The molecule has 0 aliphatic rings. The van der Waals surface area contributed by atoms with Crippen LogP contribution in [-0.4, -0.2) is 28.4 Å². The molecule has 2 rings (SSSR count). The largest absolute Gasteiger partial charge is 0.490 e. The molecule has 116 valence electrons. The molecule has 0 bridgehead atoms. The summed E-state index contributed by atoms with van der Waals surface area (Å²) in [5, 5.41) is 0. The minimum Gasteiger partial charge on any atom is -0.490 e. The average molecular weight is 304 g/mol. The van der Waals surface area contributed by atoms with Gasteiger partial charge in [-0.1, -0.05) is 12.1 Å². The number of hydrogen-bond acceptors (Lipinski definition) is 5. The Kier molecular flexibility index (Phi) is 4.83. The van der Waals surface area contributed by atoms with Crippen LogP contribution in [0.5, 0.6) is 23.0 Å². The monoisotopic (exact) mass is 304 g/mol. The topological polar surface area (TPSA) is 57.0 Å². The molecule has 0 heterocycles. The number of methoxy groups -OCH3 is 4. The third-order valence-corrected chi connectivity index (χ3v) is 3.21. The van der Waals surface area contributed by atoms with E-state index in [4.69, 9.17) is 18.9 Å². The van der Waals surface area contributed by atoms with Gasteiger partial charge in [-0.3, -0.25) is 0 Å². The van der Waals surface area contributed by atoms with E-state index in [2.05, 4.69) is 0 Å². The fourth-order valence-corrected chi connectivity index (χ4v) is 2.18. The van der Waals surface area contributed by atoms with Gasteiger partial charge in [-0.15, -0.1) is 0 Å². The van der Waals surface area contributed by atoms with Crippen LogP contribution in [0.15, 0.2) is 36.4 Å². The maximum absolute atomic E-state index is 13.0. The standard InChI is InChI=1S/C16H18NO5/c1-19-11-7-5-8-12(20-2)15(11)17(18)16-13(21-3)9-6-10-14(16)22-4/h5-10H,1-4H3/q+1. The molecule has 2 aromatic rings. The lowest BCUT2D eigenvalue weighted by molar-refractivity contribution is 0.384. The maximum atomic E-state index is 13.0. The minimum atomic E-state index is 0.246. The number of benzene rings is 2. The van der Waals surface area contributed by atoms with Crippen molar-refractivity contribution in [2.75, 3.05) is 28.4 Å². The van der Waals surface area contributed by atoms with Crippen LogP contribution in [0.4, 0.5) is 11.4 Å². The van der Waals surface area contributed by atoms with Crippen LogP contribution in [0.2, 0.25) is 0 Å². The van der Waals surface area contributed by atoms with Crippen molar-refractivity contribution in [3.63, 3.8) is 0 Å². The molecule has 22 heavy (non-hydrogen) atoms. The van der Waals surface area contributed by atoms with Crippen molar-refractivity contribution in [3.05, 3.63) is 41.3 Å². The summed E-state index contributed by atoms with van der Waals surface area (Å²) < 4.78 is 21.8. The zero-order chi connectivity index (χ0) is 16.1. The van der Waals surface area contributed by atoms with Crippen LogP contribution in [-0.2, 0) is 0 Å². The Labute approximate surface area is 128 Å². The molecule has 2 aromatic carbocycles. The van der Waals surface area contributed by atoms with E-state index in [1.807, 2.05) is 0 Å². The van der Waals surface area contributed by atoms with Gasteiger partial charge in [0.05, 0.1) is 33.2 Å². The summed E-state index contributed by atoms with van der Waals surface area (Å²) in [6, 6.07) is 10.2. The predicted octanol–water partition coefficient (Wildman–Crippen LogP) is 3.32. The lowest BCUT2D eigenvalue weighted by Gasteiger charge is -2.09. The first kappa shape index (κ1) is 15.6. The second-order valence-electron chi connectivity index (χ2n) is 4.32. The first-order valence-electron chi connectivity index (χ1n) is 6.57. The summed E-state index contributed by atoms with van der Waals surface area (Å²) in [6.07, 6.45) is 0. The predicted molar refractivity (Wildman–Crippen MR) is 83.9 cm³/mol. The van der Waals surface area contributed by atoms with Gasteiger partial charge in [-0.05, 0) is 24.3 Å². The molecule has 0 radical (unpaired) electrons. The summed E-state index contributed by atoms with van der Waals surface area (Å²) in [6.45, 7) is 0. The van der Waals surface area contributed by atoms with Crippen molar-refractivity contribution in [1.29, 1.82) is 0 Å². The van der Waals surface area contributed by atoms with Crippen LogP contribution >= 0.6 is 0 Å². The normalized spacial score (nSPS) is 10.0. The van der Waals surface area contributed by atoms with E-state index in [1.54, 1.807) is 36.4 Å². The highest BCUT2D eigenvalue weighted by atomic mass is 16.5. The number of nitrogens with zero attached hydrogens (tertiary/aromatic N) is 1. The highest BCUT2D eigenvalue weighted by Gasteiger charge is 2.34. The number of hydrogen-bond donors (Lipinski definition) is 0. The van der Waals surface area contributed by atoms with Crippen LogP contribution in [0.1, 0.15) is 0 Å². The number of nitroso groups, excluding NO2 is 1. The molecule has 6 heteroatoms. The molecule has 0 fully saturated rings. The minimum absolute atomic E-state index is 0.246. The van der Waals surface area contributed by atoms with E-state index in [1.165, 1.54) is 28.4 Å². The molecule has 0 atom stereocenters. The second kappa shape index (κ2) is 6.80. The Morgan fingerprint density at radius 3 is 1.14 bits per heavy atom. The third kappa shape index (κ3) is 2.67. The first-order chi connectivity index (χ1) is 10.7. The van der Waals surface area contributed by atoms with Gasteiger partial charge < -0.3 is 18.9 Å². The van der Waals surface area contributed by atoms with Crippen LogP contribution in [0, 0.1) is 4.91 Å². The molecule has 0 saturated heterocycles. The van der Waals surface area contributed by atoms with Crippen LogP contribution in [0.3, 0.4) is 0 Å². The van der Waals surface area contributed by atoms with Gasteiger partial charge in [0.1, 0.15) is 0 Å². The lowest BCUT2D eigenvalue weighted by atomic mass is 10.2. The SMILES string of the molecule is COc1cccc(OC)c1[N+](=O)c1c(OC)cccc1OC. The van der Waals surface area contributed by atoms with Crippen LogP contribution in [0.25, 0.3) is 0 Å². The van der Waals surface area contributed by atoms with Crippen molar-refractivity contribution in [3.8, 4) is 23.0 Å². The molecule has 0 aromatic heterocycles. The molecule has 0 spiro atoms. The first-order valence-corrected chi connectivity index (χ1v) is 6.57. The van der Waals surface area contributed by atoms with Gasteiger partial charge in [-0.2, -0.15) is 0 Å². The van der Waals surface area contributed by atoms with E-state index in [-0.39, 0.29) is 11.4 Å². The summed E-state index contributed by atoms with van der Waals surface area (Å²) in [5.41, 5.74) is 0.491. The summed E-state index contributed by atoms with van der Waals surface area (Å²) in [7, 11) is 5.97. The highest BCUT2D eigenvalue weighted by molar-refractivity contribution is 5.73. The Balaban J connectivity index is 2.68. The molecule has 0 N–H and O–H groups in total. The summed E-state index contributed by atoms with van der Waals surface area (Å²) in [4.78, 5) is 13.0. The Bertz CT molecular complexity index is 582. The van der Waals surface area contributed by atoms with Crippen LogP contribution < -0.4 is 23.7 Å². The van der Waals surface area contributed by atoms with Crippen molar-refractivity contribution in [2.24, 2.45) is 0 Å². The van der Waals surface area contributed by atoms with Gasteiger partial charge in [0.2, 0.25) is 0 Å². The van der Waals surface area contributed by atoms with Crippen molar-refractivity contribution >= 4 is 11.4 Å². The van der Waals surface area contributed by atoms with Crippen molar-refractivity contribution in [2.45, 2.75) is 0 Å². The molecule has 0 unspecified atom stereocenters. The second-order valence-corrected chi connectivity index (χ2v) is 4.32. The zero-order valence-corrected chi connectivity index (χ0v) is 13.0. The number of ether oxygens (including phenoxy) is 4. The number of rotatable bonds is 6. The quantitative estimate of drug-likeness (QED) is 0.766. The van der Waals surface area contributed by atoms with Gasteiger partial charge in [0, 0.05) is 4.91 Å². The fraction of sp³-hybridized carbons (Fsp3) is 0.250. The van der Waals surface area contributed by atoms with Gasteiger partial charge >= 0.3 is 11.4 Å². The molecule has 0 aliphatic carbocycles. The molecular formula is C16H18NO5+. The van der Waals surface area contributed by atoms with Gasteiger partial charge in [0.25, 0.3) is 0 Å². The molecule has 0 saturated carbocycles. The van der Waals surface area contributed by atoms with E-state index in [9.17, 15) is 4.91 Å². The summed E-state index contributed by atoms with van der Waals surface area (Å²) >= 11 is 0. The third-order valence-electron chi connectivity index (χ3n) is 3.21. The highest BCUT2D eigenvalue weighted by Crippen LogP contribution is 2.44. The Morgan fingerprint density at radius 1 is 0.636 bits per heavy atom. The van der Waals surface area contributed by atoms with E-state index in [0.29, 0.717) is 27.8 Å². The smallest absolute Gasteiger partial charge is 0.346 e. The fourth-order valence-electron chi connectivity index (χ4n) is 2.18. The lowest BCUT2D eigenvalue weighted by Crippen LogP contribution is -2.06. The Morgan fingerprint density at radius 2 is 0.909 bits per heavy atom. The van der Waals surface area contributed by atoms with Gasteiger partial charge in [0.15, 0.2) is 23.0 Å². The summed E-state index contributed by atoms with van der Waals surface area (Å²) in [5.74, 6) is 1.56. The molecular weight excluding hydrogens is 286 g/mol. The molecule has 0 amide bonds. The zero-order valence-electron chi connectivity index (χ0n) is 13.0. The maximum Gasteiger partial charge on any atom is 0.346 e. The molecule has 0 aliphatic heterocycles. The van der Waals surface area contributed by atoms with E-state index < -0.39 is 0 Å². The van der Waals surface area contributed by atoms with E-state index in [0.717, 1.165) is 0 Å². The van der Waals surface area contributed by atoms with Gasteiger partial charge in [-0.25, -0.2) is 0 Å². The van der Waals surface area contributed by atoms with Crippen molar-refractivity contribution in [1.82, 2.24) is 4.76 Å². The number of para-hydroxylation sites is 2.